The van der Waals surface area contributed by atoms with Crippen molar-refractivity contribution < 1.29 is 18.6 Å². The van der Waals surface area contributed by atoms with Crippen molar-refractivity contribution in [1.29, 1.82) is 0 Å². The van der Waals surface area contributed by atoms with Gasteiger partial charge in [0.1, 0.15) is 23.4 Å². The fourth-order valence-electron chi connectivity index (χ4n) is 2.82. The van der Waals surface area contributed by atoms with Crippen molar-refractivity contribution in [1.82, 2.24) is 0 Å². The number of amides is 1. The topological polar surface area (TPSA) is 69.1 Å². The number of oxime groups is 1. The van der Waals surface area contributed by atoms with Crippen LogP contribution >= 0.6 is 12.0 Å². The van der Waals surface area contributed by atoms with Gasteiger partial charge in [-0.25, -0.2) is 4.79 Å². The van der Waals surface area contributed by atoms with Crippen molar-refractivity contribution in [2.75, 3.05) is 11.9 Å². The second kappa shape index (κ2) is 9.01. The number of fused-ring (bicyclic) bond motifs is 1. The Bertz CT molecular complexity index is 867. The van der Waals surface area contributed by atoms with E-state index in [2.05, 4.69) is 10.5 Å². The Morgan fingerprint density at radius 1 is 1.25 bits per heavy atom. The van der Waals surface area contributed by atoms with Crippen molar-refractivity contribution in [3.05, 3.63) is 53.6 Å². The minimum Gasteiger partial charge on any atom is -0.494 e. The standard InChI is InChI=1S/C21H24N2O4S/c1-15-7-6-8-17(13-15)28-27-22-11-4-5-12-25-16-9-10-19-18(14-16)21(2,3)26-20(24)23-19/h6-11,13-14H,4-5,12H2,1-3H3,(H,23,24). The van der Waals surface area contributed by atoms with Crippen LogP contribution < -0.4 is 10.1 Å². The van der Waals surface area contributed by atoms with Crippen LogP contribution in [0.15, 0.2) is 52.5 Å². The molecule has 3 rings (SSSR count). The summed E-state index contributed by atoms with van der Waals surface area (Å²) >= 11 is 1.24. The normalized spacial score (nSPS) is 14.9. The van der Waals surface area contributed by atoms with E-state index in [9.17, 15) is 4.79 Å². The van der Waals surface area contributed by atoms with Gasteiger partial charge in [-0.15, -0.1) is 0 Å². The van der Waals surface area contributed by atoms with E-state index in [1.807, 2.05) is 63.2 Å². The summed E-state index contributed by atoms with van der Waals surface area (Å²) in [5, 5.41) is 6.65. The zero-order valence-corrected chi connectivity index (χ0v) is 17.0. The molecule has 1 heterocycles. The molecule has 0 unspecified atom stereocenters. The second-order valence-corrected chi connectivity index (χ2v) is 7.77. The third-order valence-electron chi connectivity index (χ3n) is 4.21. The average Bonchev–Trinajstić information content (AvgIpc) is 2.63. The monoisotopic (exact) mass is 400 g/mol. The van der Waals surface area contributed by atoms with Crippen LogP contribution in [0.5, 0.6) is 5.75 Å². The molecule has 2 aromatic rings. The van der Waals surface area contributed by atoms with E-state index < -0.39 is 11.7 Å². The number of hydrogen-bond acceptors (Lipinski definition) is 6. The molecule has 0 bridgehead atoms. The second-order valence-electron chi connectivity index (χ2n) is 6.99. The highest BCUT2D eigenvalue weighted by atomic mass is 32.2. The van der Waals surface area contributed by atoms with Crippen molar-refractivity contribution >= 4 is 30.0 Å². The van der Waals surface area contributed by atoms with Gasteiger partial charge in [0.25, 0.3) is 0 Å². The Morgan fingerprint density at radius 2 is 2.11 bits per heavy atom. The molecule has 0 radical (unpaired) electrons. The van der Waals surface area contributed by atoms with Crippen LogP contribution in [0.2, 0.25) is 0 Å². The average molecular weight is 401 g/mol. The van der Waals surface area contributed by atoms with Gasteiger partial charge in [-0.1, -0.05) is 17.3 Å². The maximum atomic E-state index is 11.6. The molecule has 0 saturated carbocycles. The fourth-order valence-corrected chi connectivity index (χ4v) is 3.38. The first kappa shape index (κ1) is 20.1. The fraction of sp³-hybridized carbons (Fsp3) is 0.333. The number of nitrogens with one attached hydrogen (secondary N) is 1. The van der Waals surface area contributed by atoms with Gasteiger partial charge < -0.3 is 13.8 Å². The van der Waals surface area contributed by atoms with Crippen LogP contribution in [0, 0.1) is 6.92 Å². The highest BCUT2D eigenvalue weighted by Crippen LogP contribution is 2.37. The number of hydrogen-bond donors (Lipinski definition) is 1. The summed E-state index contributed by atoms with van der Waals surface area (Å²) in [5.41, 5.74) is 2.15. The predicted octanol–water partition coefficient (Wildman–Crippen LogP) is 5.66. The molecule has 0 aromatic heterocycles. The van der Waals surface area contributed by atoms with Crippen LogP contribution in [0.3, 0.4) is 0 Å². The molecule has 2 aromatic carbocycles. The molecule has 0 fully saturated rings. The summed E-state index contributed by atoms with van der Waals surface area (Å²) in [5.74, 6) is 0.745. The van der Waals surface area contributed by atoms with Gasteiger partial charge in [-0.05, 0) is 69.5 Å². The summed E-state index contributed by atoms with van der Waals surface area (Å²) < 4.78 is 16.4. The molecule has 148 valence electrons. The van der Waals surface area contributed by atoms with E-state index in [1.54, 1.807) is 6.21 Å². The number of unbranched alkanes of at least 4 members (excludes halogenated alkanes) is 1. The van der Waals surface area contributed by atoms with Gasteiger partial charge in [-0.3, -0.25) is 5.32 Å². The molecule has 0 atom stereocenters. The van der Waals surface area contributed by atoms with E-state index in [4.69, 9.17) is 13.8 Å². The Morgan fingerprint density at radius 3 is 2.93 bits per heavy atom. The molecule has 1 amide bonds. The number of benzene rings is 2. The summed E-state index contributed by atoms with van der Waals surface area (Å²) in [6, 6.07) is 13.6. The molecule has 1 N–H and O–H groups in total. The number of ether oxygens (including phenoxy) is 2. The lowest BCUT2D eigenvalue weighted by atomic mass is 9.94. The maximum Gasteiger partial charge on any atom is 0.412 e. The van der Waals surface area contributed by atoms with Crippen LogP contribution in [0.1, 0.15) is 37.8 Å². The predicted molar refractivity (Wildman–Crippen MR) is 111 cm³/mol. The van der Waals surface area contributed by atoms with Gasteiger partial charge in [0, 0.05) is 11.8 Å². The molecule has 28 heavy (non-hydrogen) atoms. The van der Waals surface area contributed by atoms with Crippen molar-refractivity contribution in [3.63, 3.8) is 0 Å². The first-order valence-corrected chi connectivity index (χ1v) is 9.88. The van der Waals surface area contributed by atoms with Gasteiger partial charge >= 0.3 is 6.09 Å². The Kier molecular flexibility index (Phi) is 6.46. The van der Waals surface area contributed by atoms with Crippen LogP contribution in [0.4, 0.5) is 10.5 Å². The molecule has 1 aliphatic heterocycles. The summed E-state index contributed by atoms with van der Waals surface area (Å²) in [4.78, 5) is 12.6. The van der Waals surface area contributed by atoms with Crippen LogP contribution in [-0.4, -0.2) is 18.9 Å². The van der Waals surface area contributed by atoms with Gasteiger partial charge in [-0.2, -0.15) is 0 Å². The highest BCUT2D eigenvalue weighted by molar-refractivity contribution is 7.94. The number of rotatable bonds is 8. The number of anilines is 1. The maximum absolute atomic E-state index is 11.6. The summed E-state index contributed by atoms with van der Waals surface area (Å²) in [6.45, 7) is 6.32. The van der Waals surface area contributed by atoms with E-state index >= 15 is 0 Å². The van der Waals surface area contributed by atoms with Gasteiger partial charge in [0.2, 0.25) is 0 Å². The minimum atomic E-state index is -0.685. The Balaban J connectivity index is 1.39. The van der Waals surface area contributed by atoms with Gasteiger partial charge in [0.05, 0.1) is 17.2 Å². The van der Waals surface area contributed by atoms with Crippen LogP contribution in [-0.2, 0) is 14.6 Å². The summed E-state index contributed by atoms with van der Waals surface area (Å²) in [6.07, 6.45) is 2.87. The molecule has 7 heteroatoms. The number of cyclic esters (lactones) is 1. The van der Waals surface area contributed by atoms with E-state index in [0.717, 1.165) is 34.7 Å². The molecular formula is C21H24N2O4S. The van der Waals surface area contributed by atoms with Gasteiger partial charge in [0.15, 0.2) is 0 Å². The van der Waals surface area contributed by atoms with Crippen LogP contribution in [0.25, 0.3) is 0 Å². The lowest BCUT2D eigenvalue weighted by molar-refractivity contribution is 0.0418. The van der Waals surface area contributed by atoms with E-state index in [0.29, 0.717) is 6.61 Å². The summed E-state index contributed by atoms with van der Waals surface area (Å²) in [7, 11) is 0. The quantitative estimate of drug-likeness (QED) is 0.268. The molecule has 0 aliphatic carbocycles. The highest BCUT2D eigenvalue weighted by Gasteiger charge is 2.33. The zero-order chi connectivity index (χ0) is 20.0. The smallest absolute Gasteiger partial charge is 0.412 e. The third kappa shape index (κ3) is 5.42. The molecule has 6 nitrogen and oxygen atoms in total. The first-order valence-electron chi connectivity index (χ1n) is 9.13. The molecule has 0 spiro atoms. The van der Waals surface area contributed by atoms with Crippen molar-refractivity contribution in [2.24, 2.45) is 5.16 Å². The molecule has 0 saturated heterocycles. The number of aryl methyl sites for hydroxylation is 1. The SMILES string of the molecule is Cc1cccc(SON=CCCCOc2ccc3c(c2)C(C)(C)OC(=O)N3)c1. The molecule has 1 aliphatic rings. The zero-order valence-electron chi connectivity index (χ0n) is 16.2. The molecular weight excluding hydrogens is 376 g/mol. The largest absolute Gasteiger partial charge is 0.494 e. The first-order chi connectivity index (χ1) is 13.4. The lowest BCUT2D eigenvalue weighted by Gasteiger charge is -2.32. The van der Waals surface area contributed by atoms with Crippen molar-refractivity contribution in [2.45, 2.75) is 44.1 Å². The lowest BCUT2D eigenvalue weighted by Crippen LogP contribution is -2.34. The number of carbonyl (C=O) groups is 1. The Labute approximate surface area is 169 Å². The van der Waals surface area contributed by atoms with Crippen molar-refractivity contribution in [3.8, 4) is 5.75 Å². The minimum absolute atomic E-state index is 0.437. The number of nitrogens with zero attached hydrogens (tertiary/aromatic N) is 1. The number of carbonyl (C=O) groups excluding carboxylic acids is 1. The third-order valence-corrected chi connectivity index (χ3v) is 4.82. The van der Waals surface area contributed by atoms with E-state index in [1.165, 1.54) is 17.6 Å². The van der Waals surface area contributed by atoms with E-state index in [-0.39, 0.29) is 0 Å². The Hall–Kier alpha value is -2.67.